The van der Waals surface area contributed by atoms with Gasteiger partial charge in [0.2, 0.25) is 0 Å². The van der Waals surface area contributed by atoms with Crippen LogP contribution >= 0.6 is 0 Å². The molecule has 2 heterocycles. The molecule has 0 unspecified atom stereocenters. The predicted molar refractivity (Wildman–Crippen MR) is 174 cm³/mol. The molecule has 1 aliphatic heterocycles. The third-order valence-corrected chi connectivity index (χ3v) is 7.85. The molecule has 1 fully saturated rings. The van der Waals surface area contributed by atoms with Crippen LogP contribution in [-0.4, -0.2) is 66.6 Å². The topological polar surface area (TPSA) is 110 Å². The average molecular weight is 588 g/mol. The molecule has 2 aliphatic rings. The number of carbonyl (C=O) groups is 1. The van der Waals surface area contributed by atoms with Crippen molar-refractivity contribution in [1.82, 2.24) is 14.8 Å². The van der Waals surface area contributed by atoms with Gasteiger partial charge in [0, 0.05) is 42.3 Å². The number of likely N-dealkylation sites (N-methyl/N-ethyl adjacent to an activating group) is 1. The molecule has 1 aromatic rings. The highest BCUT2D eigenvalue weighted by Gasteiger charge is 2.31. The van der Waals surface area contributed by atoms with Crippen molar-refractivity contribution < 1.29 is 9.18 Å². The van der Waals surface area contributed by atoms with Gasteiger partial charge in [0.15, 0.2) is 0 Å². The zero-order chi connectivity index (χ0) is 31.5. The Hall–Kier alpha value is -4.16. The molecule has 1 aromatic heterocycles. The number of nitrogens with two attached hydrogens (primary N) is 1. The summed E-state index contributed by atoms with van der Waals surface area (Å²) in [6, 6.07) is 3.43. The van der Waals surface area contributed by atoms with Crippen molar-refractivity contribution in [1.29, 1.82) is 5.26 Å². The Labute approximate surface area is 256 Å². The smallest absolute Gasteiger partial charge is 0.252 e. The number of amides is 1. The second-order valence-electron chi connectivity index (χ2n) is 11.4. The summed E-state index contributed by atoms with van der Waals surface area (Å²) in [6.45, 7) is 9.89. The van der Waals surface area contributed by atoms with Gasteiger partial charge in [-0.2, -0.15) is 5.26 Å². The van der Waals surface area contributed by atoms with E-state index in [9.17, 15) is 10.1 Å². The SMILES string of the molecule is C\C=C(/C=C\C(Nc1cc(N[C@@H]2CCN(C3=C(C)CCC=C(C#N)C=C3)C[C@@H]2F)c(C(N)=O)cn1)=C(\C)CC)CN(C)C. The number of hydrogen-bond acceptors (Lipinski definition) is 7. The lowest BCUT2D eigenvalue weighted by Crippen LogP contribution is -2.47. The maximum Gasteiger partial charge on any atom is 0.252 e. The molecule has 0 spiro atoms. The fourth-order valence-electron chi connectivity index (χ4n) is 5.15. The Bertz CT molecular complexity index is 1390. The lowest BCUT2D eigenvalue weighted by molar-refractivity contribution is 0.1000. The summed E-state index contributed by atoms with van der Waals surface area (Å²) in [5, 5.41) is 16.0. The number of rotatable bonds is 11. The van der Waals surface area contributed by atoms with E-state index in [0.29, 0.717) is 30.0 Å². The van der Waals surface area contributed by atoms with E-state index in [1.807, 2.05) is 39.2 Å². The van der Waals surface area contributed by atoms with Gasteiger partial charge in [-0.05, 0) is 89.9 Å². The Balaban J connectivity index is 1.80. The molecule has 0 radical (unpaired) electrons. The number of hydrogen-bond donors (Lipinski definition) is 3. The second kappa shape index (κ2) is 15.9. The standard InChI is InChI=1S/C34H46FN7O/c1-7-23(3)29(14-12-25(8-2)21-41(5)6)40-33-18-31(27(20-38-33)34(37)43)39-30-16-17-42(22-28(30)35)32-15-13-26(19-36)11-9-10-24(32)4/h8,11-15,18,20,28,30H,7,9-10,16-17,21-22H2,1-6H3,(H2,37,43)(H2,38,39,40)/b14-12-,15-13?,25-8+,26-11?,29-23+,32-24?/t28-,30+/m0/s1. The van der Waals surface area contributed by atoms with Crippen molar-refractivity contribution in [2.75, 3.05) is 44.4 Å². The van der Waals surface area contributed by atoms with E-state index < -0.39 is 18.1 Å². The minimum Gasteiger partial charge on any atom is -0.378 e. The number of primary amides is 1. The van der Waals surface area contributed by atoms with Crippen molar-refractivity contribution in [3.05, 3.63) is 88.0 Å². The van der Waals surface area contributed by atoms with E-state index in [1.165, 1.54) is 17.3 Å². The lowest BCUT2D eigenvalue weighted by atomic mass is 9.98. The number of nitrogens with one attached hydrogen (secondary N) is 2. The first-order chi connectivity index (χ1) is 20.6. The number of aromatic nitrogens is 1. The molecule has 230 valence electrons. The summed E-state index contributed by atoms with van der Waals surface area (Å²) >= 11 is 0. The molecule has 2 atom stereocenters. The summed E-state index contributed by atoms with van der Waals surface area (Å²) in [6.07, 6.45) is 15.1. The molecular formula is C34H46FN7O. The number of halogens is 1. The summed E-state index contributed by atoms with van der Waals surface area (Å²) < 4.78 is 15.7. The van der Waals surface area contributed by atoms with Gasteiger partial charge in [-0.15, -0.1) is 0 Å². The molecule has 0 aromatic carbocycles. The van der Waals surface area contributed by atoms with E-state index in [2.05, 4.69) is 64.4 Å². The maximum atomic E-state index is 15.7. The number of nitriles is 1. The van der Waals surface area contributed by atoms with Crippen molar-refractivity contribution in [2.24, 2.45) is 5.73 Å². The van der Waals surface area contributed by atoms with Crippen molar-refractivity contribution in [2.45, 2.75) is 65.6 Å². The number of anilines is 2. The normalized spacial score (nSPS) is 20.4. The number of allylic oxidation sites excluding steroid dienone is 8. The van der Waals surface area contributed by atoms with Crippen molar-refractivity contribution in [3.8, 4) is 6.07 Å². The van der Waals surface area contributed by atoms with Crippen LogP contribution in [-0.2, 0) is 0 Å². The third kappa shape index (κ3) is 9.42. The van der Waals surface area contributed by atoms with Gasteiger partial charge in [-0.25, -0.2) is 9.37 Å². The Morgan fingerprint density at radius 3 is 2.72 bits per heavy atom. The Morgan fingerprint density at radius 2 is 2.09 bits per heavy atom. The maximum absolute atomic E-state index is 15.7. The molecule has 3 rings (SSSR count). The fraction of sp³-hybridized carbons (Fsp3) is 0.441. The molecule has 1 saturated heterocycles. The predicted octanol–water partition coefficient (Wildman–Crippen LogP) is 6.24. The van der Waals surface area contributed by atoms with Crippen LogP contribution in [0, 0.1) is 11.3 Å². The van der Waals surface area contributed by atoms with Crippen LogP contribution in [0.4, 0.5) is 15.9 Å². The number of pyridine rings is 1. The lowest BCUT2D eigenvalue weighted by Gasteiger charge is -2.38. The first kappa shape index (κ1) is 33.3. The number of nitrogens with zero attached hydrogens (tertiary/aromatic N) is 4. The molecule has 8 nitrogen and oxygen atoms in total. The summed E-state index contributed by atoms with van der Waals surface area (Å²) in [5.74, 6) is -0.0952. The van der Waals surface area contributed by atoms with E-state index >= 15 is 4.39 Å². The van der Waals surface area contributed by atoms with Crippen LogP contribution in [0.1, 0.15) is 63.7 Å². The van der Waals surface area contributed by atoms with Gasteiger partial charge in [0.05, 0.1) is 29.9 Å². The van der Waals surface area contributed by atoms with Crippen LogP contribution < -0.4 is 16.4 Å². The van der Waals surface area contributed by atoms with E-state index in [0.717, 1.165) is 42.8 Å². The largest absolute Gasteiger partial charge is 0.378 e. The van der Waals surface area contributed by atoms with Crippen LogP contribution in [0.5, 0.6) is 0 Å². The minimum absolute atomic E-state index is 0.204. The van der Waals surface area contributed by atoms with Gasteiger partial charge in [0.1, 0.15) is 12.0 Å². The van der Waals surface area contributed by atoms with Crippen molar-refractivity contribution >= 4 is 17.4 Å². The van der Waals surface area contributed by atoms with Gasteiger partial charge in [0.25, 0.3) is 5.91 Å². The number of alkyl halides is 1. The highest BCUT2D eigenvalue weighted by Crippen LogP contribution is 2.29. The Morgan fingerprint density at radius 1 is 1.33 bits per heavy atom. The van der Waals surface area contributed by atoms with Crippen molar-refractivity contribution in [3.63, 3.8) is 0 Å². The summed E-state index contributed by atoms with van der Waals surface area (Å²) in [5.41, 5.74) is 12.4. The van der Waals surface area contributed by atoms with Gasteiger partial charge in [-0.1, -0.05) is 30.7 Å². The zero-order valence-corrected chi connectivity index (χ0v) is 26.4. The summed E-state index contributed by atoms with van der Waals surface area (Å²) in [4.78, 5) is 20.9. The van der Waals surface area contributed by atoms with Gasteiger partial charge in [-0.3, -0.25) is 4.79 Å². The first-order valence-corrected chi connectivity index (χ1v) is 14.9. The highest BCUT2D eigenvalue weighted by atomic mass is 19.1. The zero-order valence-electron chi connectivity index (χ0n) is 26.4. The highest BCUT2D eigenvalue weighted by molar-refractivity contribution is 5.98. The monoisotopic (exact) mass is 587 g/mol. The number of piperidine rings is 1. The molecule has 1 aliphatic carbocycles. The van der Waals surface area contributed by atoms with Gasteiger partial charge >= 0.3 is 0 Å². The molecule has 43 heavy (non-hydrogen) atoms. The molecule has 4 N–H and O–H groups in total. The third-order valence-electron chi connectivity index (χ3n) is 7.85. The van der Waals surface area contributed by atoms with Crippen LogP contribution in [0.15, 0.2) is 82.4 Å². The number of carbonyl (C=O) groups excluding carboxylic acids is 1. The van der Waals surface area contributed by atoms with Crippen LogP contribution in [0.3, 0.4) is 0 Å². The quantitative estimate of drug-likeness (QED) is 0.263. The molecule has 0 saturated carbocycles. The molecular weight excluding hydrogens is 541 g/mol. The fourth-order valence-corrected chi connectivity index (χ4v) is 5.15. The molecule has 9 heteroatoms. The number of likely N-dealkylation sites (tertiary alicyclic amines) is 1. The second-order valence-corrected chi connectivity index (χ2v) is 11.4. The minimum atomic E-state index is -1.19. The van der Waals surface area contributed by atoms with E-state index in [1.54, 1.807) is 12.1 Å². The van der Waals surface area contributed by atoms with Crippen LogP contribution in [0.2, 0.25) is 0 Å². The molecule has 1 amide bonds. The first-order valence-electron chi connectivity index (χ1n) is 14.9. The van der Waals surface area contributed by atoms with Gasteiger partial charge < -0.3 is 26.2 Å². The van der Waals surface area contributed by atoms with E-state index in [4.69, 9.17) is 5.73 Å². The van der Waals surface area contributed by atoms with E-state index in [-0.39, 0.29) is 12.1 Å². The average Bonchev–Trinajstić information content (AvgIpc) is 2.97. The Kier molecular flexibility index (Phi) is 12.3. The van der Waals surface area contributed by atoms with Crippen LogP contribution in [0.25, 0.3) is 0 Å². The molecule has 0 bridgehead atoms. The summed E-state index contributed by atoms with van der Waals surface area (Å²) in [7, 11) is 4.07.